The van der Waals surface area contributed by atoms with Gasteiger partial charge in [0.05, 0.1) is 202 Å². The average Bonchev–Trinajstić information content (AvgIpc) is 1.55. The van der Waals surface area contributed by atoms with Gasteiger partial charge in [-0.05, 0) is 112 Å². The Morgan fingerprint density at radius 1 is 0.414 bits per heavy atom. The quantitative estimate of drug-likeness (QED) is 0.0493. The average molecular weight is 1940 g/mol. The first-order chi connectivity index (χ1) is 70.4. The van der Waals surface area contributed by atoms with Crippen molar-refractivity contribution in [3.8, 4) is 74.7 Å². The number of benzene rings is 10. The first-order valence-corrected chi connectivity index (χ1v) is 46.7. The molecule has 7 N–H and O–H groups in total. The summed E-state index contributed by atoms with van der Waals surface area (Å²) in [6, 6.07) is 73.2. The second-order valence-corrected chi connectivity index (χ2v) is 35.9. The number of carbonyl (C=O) groups excluding carboxylic acids is 2. The first-order valence-electron chi connectivity index (χ1n) is 46.7. The van der Waals surface area contributed by atoms with Crippen molar-refractivity contribution in [3.63, 3.8) is 0 Å². The van der Waals surface area contributed by atoms with Crippen LogP contribution in [0.4, 0.5) is 28.6 Å². The molecule has 0 aliphatic carbocycles. The zero-order valence-corrected chi connectivity index (χ0v) is 81.8. The summed E-state index contributed by atoms with van der Waals surface area (Å²) in [5, 5.41) is 29.7. The molecule has 7 aliphatic rings. The number of nitrogens with zero attached hydrogens (tertiary/aromatic N) is 15. The molecule has 0 saturated carbocycles. The first kappa shape index (κ1) is 93.0. The van der Waals surface area contributed by atoms with Gasteiger partial charge in [0.1, 0.15) is 131 Å². The highest BCUT2D eigenvalue weighted by atomic mass is 16.5. The Balaban J connectivity index is 0.000000107. The number of aliphatic hydroxyl groups is 1. The molecular weight excluding hydrogens is 1840 g/mol. The number of hydrogen-bond acceptors (Lipinski definition) is 28. The van der Waals surface area contributed by atoms with Crippen molar-refractivity contribution >= 4 is 134 Å². The van der Waals surface area contributed by atoms with E-state index in [1.807, 2.05) is 247 Å². The molecule has 0 unspecified atom stereocenters. The molecule has 10 aromatic carbocycles. The number of methoxy groups -OCH3 is 10. The van der Waals surface area contributed by atoms with Crippen LogP contribution in [0.2, 0.25) is 0 Å². The Kier molecular flexibility index (Phi) is 23.9. The molecule has 0 fully saturated rings. The van der Waals surface area contributed by atoms with E-state index < -0.39 is 16.6 Å². The second-order valence-electron chi connectivity index (χ2n) is 35.9. The van der Waals surface area contributed by atoms with Crippen LogP contribution in [0.3, 0.4) is 0 Å². The summed E-state index contributed by atoms with van der Waals surface area (Å²) >= 11 is 0. The van der Waals surface area contributed by atoms with E-state index >= 15 is 0 Å². The van der Waals surface area contributed by atoms with E-state index in [9.17, 15) is 24.6 Å². The van der Waals surface area contributed by atoms with Crippen LogP contribution in [-0.2, 0) is 41.2 Å². The van der Waals surface area contributed by atoms with Gasteiger partial charge < -0.3 is 102 Å². The number of H-pyrrole nitrogens is 1. The Morgan fingerprint density at radius 2 is 0.883 bits per heavy atom. The molecule has 0 radical (unpaired) electrons. The summed E-state index contributed by atoms with van der Waals surface area (Å²) in [5.74, 6) is 10.8. The van der Waals surface area contributed by atoms with Crippen LogP contribution in [0.15, 0.2) is 275 Å². The molecule has 145 heavy (non-hydrogen) atoms. The van der Waals surface area contributed by atoms with Gasteiger partial charge in [0.15, 0.2) is 17.4 Å². The van der Waals surface area contributed by atoms with Crippen LogP contribution < -0.4 is 79.1 Å². The number of nitrogens with two attached hydrogens (primary N) is 1. The van der Waals surface area contributed by atoms with Gasteiger partial charge in [-0.2, -0.15) is 4.98 Å². The Hall–Kier alpha value is -18.4. The van der Waals surface area contributed by atoms with Gasteiger partial charge in [-0.25, -0.2) is 15.0 Å². The lowest BCUT2D eigenvalue weighted by molar-refractivity contribution is -0.117. The zero-order chi connectivity index (χ0) is 101. The Bertz CT molecular complexity index is 8260. The van der Waals surface area contributed by atoms with E-state index in [1.165, 1.54) is 12.7 Å². The maximum Gasteiger partial charge on any atom is 0.284 e. The standard InChI is InChI=1S/C23H20N4O2.C23H19N3O3.C22H20N4O4.C22H22N4O3.C21H20N4O3/c1-28-16-11-15(12-17(13-16)29-2)27-20-8-5-9-25-22(20)21(23(27)24)19-10-14-6-3-4-7-18(14)26-19;1-28-16-11-15(12-17(13-16)29-2)26-20-8-5-9-24-22(20)21(23(26)27)19-10-14-6-3-4-7-18(14)25-19;1-22(2)18(27)17(19-23-12-7-5-6-8-13(12)24-19)20-25-21(28)16-14(26(20)22)9-11(29-3)10-15(16)30-4;1-22(2)19(27)18-20(26(22)13-9-14(28-3)11-15(10-13)29-4)23-12-25-17-8-6-5-7-16(17)24-21(18)25;1-27-14-9-13(10-15(11-14)28-2)25-12-18(26)19-20(25)22-7-8-24-17-6-4-3-5-16(17)23-21(19)24/h3-9,11-13H,10,24H2,1-2H3;3-9,11-13,27H,10H2,1-2H3;5-10,27H,1-4H3,(H,23,24);5-11,23H,12H2,1-4H3;3-6,9-11,22H,7-8,12H2,1-2H3. The van der Waals surface area contributed by atoms with E-state index in [1.54, 1.807) is 99.1 Å². The molecule has 25 rings (SSSR count). The molecule has 34 heteroatoms. The lowest BCUT2D eigenvalue weighted by atomic mass is 9.95. The fourth-order valence-electron chi connectivity index (χ4n) is 20.0. The molecule has 0 spiro atoms. The predicted molar refractivity (Wildman–Crippen MR) is 558 cm³/mol. The monoisotopic (exact) mass is 1940 g/mol. The number of allylic oxidation sites excluding steroid dienone is 1. The molecule has 0 atom stereocenters. The van der Waals surface area contributed by atoms with Gasteiger partial charge in [-0.1, -0.05) is 72.8 Å². The minimum absolute atomic E-state index is 0.0260. The minimum Gasteiger partial charge on any atom is -0.509 e. The third-order valence-corrected chi connectivity index (χ3v) is 27.0. The van der Waals surface area contributed by atoms with Crippen molar-refractivity contribution in [3.05, 3.63) is 316 Å². The summed E-state index contributed by atoms with van der Waals surface area (Å²) in [6.07, 6.45) is 4.90. The van der Waals surface area contributed by atoms with Crippen molar-refractivity contribution in [2.24, 2.45) is 9.98 Å². The van der Waals surface area contributed by atoms with E-state index in [0.29, 0.717) is 139 Å². The number of pyridine rings is 2. The number of aliphatic hydroxyl groups excluding tert-OH is 1. The predicted octanol–water partition coefficient (Wildman–Crippen LogP) is 17.6. The van der Waals surface area contributed by atoms with Crippen LogP contribution in [0.5, 0.6) is 63.4 Å². The zero-order valence-electron chi connectivity index (χ0n) is 81.8. The molecule has 7 aliphatic heterocycles. The number of aromatic nitrogens is 12. The molecule has 0 saturated heterocycles. The maximum atomic E-state index is 13.5. The number of Topliss-reactive ketones (excluding diaryl/α,β-unsaturated/α-hetero) is 2. The highest BCUT2D eigenvalue weighted by Crippen LogP contribution is 2.50. The number of para-hydroxylation sites is 8. The molecule has 18 aromatic rings. The summed E-state index contributed by atoms with van der Waals surface area (Å²) in [4.78, 5) is 84.1. The van der Waals surface area contributed by atoms with Crippen molar-refractivity contribution in [2.45, 2.75) is 64.8 Å². The molecule has 0 bridgehead atoms. The van der Waals surface area contributed by atoms with E-state index in [-0.39, 0.29) is 29.8 Å². The highest BCUT2D eigenvalue weighted by Gasteiger charge is 2.51. The number of aromatic hydroxyl groups is 1. The van der Waals surface area contributed by atoms with E-state index in [4.69, 9.17) is 73.1 Å². The van der Waals surface area contributed by atoms with Crippen LogP contribution in [-0.4, -0.2) is 181 Å². The van der Waals surface area contributed by atoms with Crippen molar-refractivity contribution in [1.82, 2.24) is 68.4 Å². The summed E-state index contributed by atoms with van der Waals surface area (Å²) in [5.41, 5.74) is 26.2. The molecule has 8 aromatic heterocycles. The number of nitrogens with one attached hydrogen (secondary N) is 3. The third kappa shape index (κ3) is 16.1. The van der Waals surface area contributed by atoms with Crippen molar-refractivity contribution < 1.29 is 67.2 Å². The number of fused-ring (bicyclic) bond motifs is 16. The van der Waals surface area contributed by atoms with E-state index in [0.717, 1.165) is 137 Å². The van der Waals surface area contributed by atoms with Crippen LogP contribution in [0.1, 0.15) is 73.2 Å². The number of carbonyl (C=O) groups is 2. The van der Waals surface area contributed by atoms with Crippen molar-refractivity contribution in [1.29, 1.82) is 0 Å². The number of aromatic amines is 1. The minimum atomic E-state index is -0.875. The fourth-order valence-corrected chi connectivity index (χ4v) is 20.0. The largest absolute Gasteiger partial charge is 0.509 e. The van der Waals surface area contributed by atoms with Gasteiger partial charge in [0.25, 0.3) is 5.56 Å². The number of aliphatic imine (C=N–C) groups is 2. The number of hydrogen-bond donors (Lipinski definition) is 6. The summed E-state index contributed by atoms with van der Waals surface area (Å²) < 4.78 is 63.9. The SMILES string of the molecule is COc1cc(OC)c2c(=O)nc3n(c2c1)C(C)(C)C(O)=C3c1nc2ccccc2[nH]1.COc1cc(OC)cc(-n2c(N)c(C3=Nc4ccccc4C3)c3ncccc32)c1.COc1cc(OC)cc(-n2c(O)c(C3=Nc4ccccc4C3)c3ncccc32)c1.COc1cc(OC)cc(N2C3=C(C(=O)C2(C)C)c2nc4ccccc4n2CN3)c1.COc1cc(OC)cc(N2CC(=O)C3=C2NCCn2c3nc3ccccc32)c1. The molecule has 34 nitrogen and oxygen atoms in total. The normalized spacial score (nSPS) is 14.7. The van der Waals surface area contributed by atoms with Crippen molar-refractivity contribution in [2.75, 3.05) is 99.7 Å². The van der Waals surface area contributed by atoms with Gasteiger partial charge in [-0.3, -0.25) is 43.5 Å². The third-order valence-electron chi connectivity index (χ3n) is 27.0. The van der Waals surface area contributed by atoms with Crippen LogP contribution in [0.25, 0.3) is 94.2 Å². The van der Waals surface area contributed by atoms with Gasteiger partial charge in [-0.15, -0.1) is 0 Å². The fraction of sp³-hybridized carbons (Fsp3) is 0.198. The number of rotatable bonds is 17. The molecule has 0 amide bonds. The summed E-state index contributed by atoms with van der Waals surface area (Å²) in [6.45, 7) is 9.80. The van der Waals surface area contributed by atoms with Crippen LogP contribution >= 0.6 is 0 Å². The number of imidazole rings is 3. The number of ketones is 2. The lowest BCUT2D eigenvalue weighted by Gasteiger charge is -2.35. The van der Waals surface area contributed by atoms with Crippen LogP contribution in [0, 0.1) is 0 Å². The molecule has 730 valence electrons. The number of ether oxygens (including phenoxy) is 10. The highest BCUT2D eigenvalue weighted by molar-refractivity contribution is 6.30. The van der Waals surface area contributed by atoms with Gasteiger partial charge >= 0.3 is 0 Å². The summed E-state index contributed by atoms with van der Waals surface area (Å²) in [7, 11) is 16.0. The van der Waals surface area contributed by atoms with Gasteiger partial charge in [0.2, 0.25) is 5.88 Å². The Morgan fingerprint density at radius 3 is 1.43 bits per heavy atom. The Labute approximate surface area is 830 Å². The number of nitrogen functional groups attached to an aromatic ring is 1. The number of anilines is 3. The van der Waals surface area contributed by atoms with E-state index in [2.05, 4.69) is 56.8 Å². The maximum absolute atomic E-state index is 13.5. The second kappa shape index (κ2) is 37.3. The topological polar surface area (TPSA) is 383 Å². The molecule has 15 heterocycles. The molecular formula is C111H101N19O15. The lowest BCUT2D eigenvalue weighted by Crippen LogP contribution is -2.46. The van der Waals surface area contributed by atoms with Gasteiger partial charge in [0, 0.05) is 123 Å². The smallest absolute Gasteiger partial charge is 0.284 e.